The van der Waals surface area contributed by atoms with Gasteiger partial charge in [0.25, 0.3) is 0 Å². The fourth-order valence-electron chi connectivity index (χ4n) is 1.11. The number of hydrogen-bond acceptors (Lipinski definition) is 1. The first-order valence-electron chi connectivity index (χ1n) is 3.56. The SMILES string of the molecule is Fc1cc2c(cc1Br)OCC=C2. The van der Waals surface area contributed by atoms with Crippen LogP contribution < -0.4 is 4.74 Å². The van der Waals surface area contributed by atoms with E-state index in [2.05, 4.69) is 15.9 Å². The van der Waals surface area contributed by atoms with Crippen molar-refractivity contribution in [3.8, 4) is 5.75 Å². The first kappa shape index (κ1) is 7.80. The highest BCUT2D eigenvalue weighted by Gasteiger charge is 2.09. The predicted octanol–water partition coefficient (Wildman–Crippen LogP) is 2.99. The van der Waals surface area contributed by atoms with Crippen molar-refractivity contribution in [1.29, 1.82) is 0 Å². The first-order chi connectivity index (χ1) is 5.77. The van der Waals surface area contributed by atoms with E-state index < -0.39 is 0 Å². The summed E-state index contributed by atoms with van der Waals surface area (Å²) in [6.07, 6.45) is 3.71. The van der Waals surface area contributed by atoms with Crippen LogP contribution in [0.25, 0.3) is 6.08 Å². The van der Waals surface area contributed by atoms with Gasteiger partial charge in [0.05, 0.1) is 4.47 Å². The molecule has 62 valence electrons. The van der Waals surface area contributed by atoms with Crippen LogP contribution in [0.1, 0.15) is 5.56 Å². The second-order valence-corrected chi connectivity index (χ2v) is 3.37. The third kappa shape index (κ3) is 1.25. The van der Waals surface area contributed by atoms with Crippen molar-refractivity contribution in [2.24, 2.45) is 0 Å². The van der Waals surface area contributed by atoms with Crippen molar-refractivity contribution in [2.75, 3.05) is 6.61 Å². The van der Waals surface area contributed by atoms with Gasteiger partial charge in [-0.25, -0.2) is 4.39 Å². The van der Waals surface area contributed by atoms with E-state index in [-0.39, 0.29) is 5.82 Å². The van der Waals surface area contributed by atoms with E-state index in [4.69, 9.17) is 4.74 Å². The third-order valence-corrected chi connectivity index (χ3v) is 2.29. The lowest BCUT2D eigenvalue weighted by molar-refractivity contribution is 0.357. The minimum absolute atomic E-state index is 0.260. The maximum atomic E-state index is 13.0. The van der Waals surface area contributed by atoms with Gasteiger partial charge in [0, 0.05) is 5.56 Å². The summed E-state index contributed by atoms with van der Waals surface area (Å²) in [6, 6.07) is 3.10. The largest absolute Gasteiger partial charge is 0.489 e. The highest BCUT2D eigenvalue weighted by atomic mass is 79.9. The van der Waals surface area contributed by atoms with Crippen molar-refractivity contribution in [3.63, 3.8) is 0 Å². The zero-order valence-corrected chi connectivity index (χ0v) is 7.77. The molecule has 1 aliphatic heterocycles. The van der Waals surface area contributed by atoms with E-state index in [0.717, 1.165) is 11.3 Å². The van der Waals surface area contributed by atoms with Crippen LogP contribution >= 0.6 is 15.9 Å². The molecule has 0 spiro atoms. The molecule has 0 saturated heterocycles. The van der Waals surface area contributed by atoms with Crippen LogP contribution in [0.3, 0.4) is 0 Å². The first-order valence-corrected chi connectivity index (χ1v) is 4.35. The Morgan fingerprint density at radius 2 is 2.25 bits per heavy atom. The quantitative estimate of drug-likeness (QED) is 0.664. The number of halogens is 2. The molecule has 0 aliphatic carbocycles. The molecular weight excluding hydrogens is 223 g/mol. The number of rotatable bonds is 0. The molecule has 0 radical (unpaired) electrons. The van der Waals surface area contributed by atoms with Crippen molar-refractivity contribution in [1.82, 2.24) is 0 Å². The predicted molar refractivity (Wildman–Crippen MR) is 48.6 cm³/mol. The number of ether oxygens (including phenoxy) is 1. The normalized spacial score (nSPS) is 13.8. The summed E-state index contributed by atoms with van der Waals surface area (Å²) >= 11 is 3.10. The fraction of sp³-hybridized carbons (Fsp3) is 0.111. The molecule has 0 aromatic heterocycles. The maximum absolute atomic E-state index is 13.0. The molecule has 0 atom stereocenters. The van der Waals surface area contributed by atoms with Crippen LogP contribution in [0, 0.1) is 5.82 Å². The lowest BCUT2D eigenvalue weighted by Crippen LogP contribution is -2.00. The van der Waals surface area contributed by atoms with Gasteiger partial charge in [-0.1, -0.05) is 6.08 Å². The molecule has 0 N–H and O–H groups in total. The van der Waals surface area contributed by atoms with Crippen LogP contribution in [-0.4, -0.2) is 6.61 Å². The minimum atomic E-state index is -0.260. The van der Waals surface area contributed by atoms with Gasteiger partial charge in [0.15, 0.2) is 0 Å². The third-order valence-electron chi connectivity index (χ3n) is 1.69. The monoisotopic (exact) mass is 228 g/mol. The van der Waals surface area contributed by atoms with E-state index in [9.17, 15) is 4.39 Å². The van der Waals surface area contributed by atoms with Gasteiger partial charge in [-0.05, 0) is 34.1 Å². The van der Waals surface area contributed by atoms with Crippen LogP contribution in [0.2, 0.25) is 0 Å². The van der Waals surface area contributed by atoms with E-state index in [0.29, 0.717) is 11.1 Å². The molecule has 1 aromatic rings. The van der Waals surface area contributed by atoms with Gasteiger partial charge in [-0.3, -0.25) is 0 Å². The highest BCUT2D eigenvalue weighted by Crippen LogP contribution is 2.29. The van der Waals surface area contributed by atoms with Gasteiger partial charge in [-0.2, -0.15) is 0 Å². The molecule has 1 heterocycles. The Morgan fingerprint density at radius 3 is 3.08 bits per heavy atom. The summed E-state index contributed by atoms with van der Waals surface area (Å²) in [5, 5.41) is 0. The van der Waals surface area contributed by atoms with Crippen molar-refractivity contribution >= 4 is 22.0 Å². The Balaban J connectivity index is 2.58. The smallest absolute Gasteiger partial charge is 0.138 e. The van der Waals surface area contributed by atoms with E-state index >= 15 is 0 Å². The number of benzene rings is 1. The van der Waals surface area contributed by atoms with Crippen LogP contribution in [0.4, 0.5) is 4.39 Å². The van der Waals surface area contributed by atoms with Gasteiger partial charge < -0.3 is 4.74 Å². The molecule has 0 unspecified atom stereocenters. The average Bonchev–Trinajstić information content (AvgIpc) is 2.07. The Labute approximate surface area is 78.0 Å². The van der Waals surface area contributed by atoms with E-state index in [1.807, 2.05) is 12.2 Å². The van der Waals surface area contributed by atoms with Crippen molar-refractivity contribution in [3.05, 3.63) is 34.1 Å². The number of fused-ring (bicyclic) bond motifs is 1. The molecule has 1 nitrogen and oxygen atoms in total. The Bertz CT molecular complexity index is 347. The van der Waals surface area contributed by atoms with Gasteiger partial charge >= 0.3 is 0 Å². The van der Waals surface area contributed by atoms with E-state index in [1.165, 1.54) is 6.07 Å². The molecule has 0 bridgehead atoms. The molecule has 3 heteroatoms. The molecule has 0 fully saturated rings. The minimum Gasteiger partial charge on any atom is -0.489 e. The standard InChI is InChI=1S/C9H6BrFO/c10-7-5-9-6(4-8(7)11)2-1-3-12-9/h1-2,4-5H,3H2. The molecule has 0 saturated carbocycles. The average molecular weight is 229 g/mol. The van der Waals surface area contributed by atoms with Gasteiger partial charge in [0.1, 0.15) is 18.2 Å². The summed E-state index contributed by atoms with van der Waals surface area (Å²) in [5.74, 6) is 0.467. The zero-order valence-electron chi connectivity index (χ0n) is 6.18. The lowest BCUT2D eigenvalue weighted by Gasteiger charge is -2.12. The molecule has 2 rings (SSSR count). The van der Waals surface area contributed by atoms with Gasteiger partial charge in [0.2, 0.25) is 0 Å². The number of hydrogen-bond donors (Lipinski definition) is 0. The Hall–Kier alpha value is -0.830. The summed E-state index contributed by atoms with van der Waals surface area (Å²) in [6.45, 7) is 0.561. The zero-order chi connectivity index (χ0) is 8.55. The van der Waals surface area contributed by atoms with E-state index in [1.54, 1.807) is 6.07 Å². The topological polar surface area (TPSA) is 9.23 Å². The van der Waals surface area contributed by atoms with Crippen molar-refractivity contribution < 1.29 is 9.13 Å². The molecule has 0 amide bonds. The molecule has 12 heavy (non-hydrogen) atoms. The summed E-state index contributed by atoms with van der Waals surface area (Å²) in [5.41, 5.74) is 0.793. The Kier molecular flexibility index (Phi) is 1.89. The van der Waals surface area contributed by atoms with Crippen LogP contribution in [0.15, 0.2) is 22.7 Å². The molecular formula is C9H6BrFO. The second-order valence-electron chi connectivity index (χ2n) is 2.52. The van der Waals surface area contributed by atoms with Crippen molar-refractivity contribution in [2.45, 2.75) is 0 Å². The maximum Gasteiger partial charge on any atom is 0.138 e. The lowest BCUT2D eigenvalue weighted by atomic mass is 10.1. The summed E-state index contributed by atoms with van der Waals surface area (Å²) in [7, 11) is 0. The highest BCUT2D eigenvalue weighted by molar-refractivity contribution is 9.10. The van der Waals surface area contributed by atoms with Gasteiger partial charge in [-0.15, -0.1) is 0 Å². The summed E-state index contributed by atoms with van der Waals surface area (Å²) in [4.78, 5) is 0. The molecule has 1 aliphatic rings. The fourth-order valence-corrected chi connectivity index (χ4v) is 1.43. The second kappa shape index (κ2) is 2.90. The molecule has 1 aromatic carbocycles. The summed E-state index contributed by atoms with van der Waals surface area (Å²) < 4.78 is 18.7. The van der Waals surface area contributed by atoms with Crippen LogP contribution in [0.5, 0.6) is 5.75 Å². The Morgan fingerprint density at radius 1 is 1.42 bits per heavy atom. The van der Waals surface area contributed by atoms with Crippen LogP contribution in [-0.2, 0) is 0 Å².